The smallest absolute Gasteiger partial charge is 0.207 e. The van der Waals surface area contributed by atoms with Gasteiger partial charge >= 0.3 is 0 Å². The van der Waals surface area contributed by atoms with E-state index in [1.165, 1.54) is 18.2 Å². The zero-order chi connectivity index (χ0) is 13.1. The van der Waals surface area contributed by atoms with Crippen LogP contribution >= 0.6 is 23.2 Å². The molecule has 17 heavy (non-hydrogen) atoms. The Hall–Kier alpha value is -0.360. The van der Waals surface area contributed by atoms with Crippen LogP contribution in [0.4, 0.5) is 4.39 Å². The summed E-state index contributed by atoms with van der Waals surface area (Å²) in [6, 6.07) is 4.73. The van der Waals surface area contributed by atoms with Crippen molar-refractivity contribution in [2.24, 2.45) is 0 Å². The molecule has 1 aromatic carbocycles. The summed E-state index contributed by atoms with van der Waals surface area (Å²) in [6.07, 6.45) is 0. The molecule has 0 atom stereocenters. The van der Waals surface area contributed by atoms with Gasteiger partial charge in [-0.25, -0.2) is 17.5 Å². The van der Waals surface area contributed by atoms with E-state index in [0.717, 1.165) is 6.07 Å². The first-order chi connectivity index (χ1) is 7.83. The van der Waals surface area contributed by atoms with E-state index in [9.17, 15) is 12.8 Å². The van der Waals surface area contributed by atoms with Crippen molar-refractivity contribution in [1.29, 1.82) is 0 Å². The van der Waals surface area contributed by atoms with Crippen molar-refractivity contribution in [2.45, 2.75) is 17.4 Å². The molecule has 0 heterocycles. The average molecular weight is 300 g/mol. The lowest BCUT2D eigenvalue weighted by atomic mass is 10.1. The van der Waals surface area contributed by atoms with Crippen molar-refractivity contribution < 1.29 is 12.8 Å². The van der Waals surface area contributed by atoms with Crippen LogP contribution < -0.4 is 4.72 Å². The second kappa shape index (κ2) is 5.52. The van der Waals surface area contributed by atoms with E-state index in [0.29, 0.717) is 0 Å². The van der Waals surface area contributed by atoms with Gasteiger partial charge in [0.1, 0.15) is 5.82 Å². The minimum atomic E-state index is -3.82. The molecule has 0 radical (unpaired) electrons. The number of alkyl halides is 2. The first kappa shape index (κ1) is 14.7. The van der Waals surface area contributed by atoms with Crippen molar-refractivity contribution in [3.63, 3.8) is 0 Å². The van der Waals surface area contributed by atoms with Crippen molar-refractivity contribution in [1.82, 2.24) is 4.72 Å². The summed E-state index contributed by atoms with van der Waals surface area (Å²) in [4.78, 5) is -0.154. The largest absolute Gasteiger partial charge is 0.241 e. The van der Waals surface area contributed by atoms with E-state index in [-0.39, 0.29) is 16.7 Å². The number of benzene rings is 1. The van der Waals surface area contributed by atoms with Gasteiger partial charge in [-0.2, -0.15) is 0 Å². The van der Waals surface area contributed by atoms with Crippen molar-refractivity contribution in [2.75, 3.05) is 11.8 Å². The summed E-state index contributed by atoms with van der Waals surface area (Å²) >= 11 is 11.3. The lowest BCUT2D eigenvalue weighted by molar-refractivity contribution is 0.499. The Morgan fingerprint density at radius 3 is 2.41 bits per heavy atom. The van der Waals surface area contributed by atoms with Crippen LogP contribution in [0.1, 0.15) is 6.92 Å². The van der Waals surface area contributed by atoms with Gasteiger partial charge in [-0.15, -0.1) is 23.2 Å². The van der Waals surface area contributed by atoms with Crippen molar-refractivity contribution in [3.05, 3.63) is 30.1 Å². The van der Waals surface area contributed by atoms with Crippen LogP contribution in [0.15, 0.2) is 29.2 Å². The highest BCUT2D eigenvalue weighted by Crippen LogP contribution is 2.16. The quantitative estimate of drug-likeness (QED) is 0.848. The van der Waals surface area contributed by atoms with Crippen LogP contribution in [0.25, 0.3) is 0 Å². The van der Waals surface area contributed by atoms with Gasteiger partial charge in [0, 0.05) is 11.8 Å². The minimum Gasteiger partial charge on any atom is -0.207 e. The van der Waals surface area contributed by atoms with Gasteiger partial charge in [-0.3, -0.25) is 0 Å². The Bertz CT molecular complexity index is 489. The van der Waals surface area contributed by atoms with Crippen LogP contribution in [0, 0.1) is 5.82 Å². The molecular weight excluding hydrogens is 288 g/mol. The molecule has 3 nitrogen and oxygen atoms in total. The molecule has 0 aliphatic rings. The van der Waals surface area contributed by atoms with Crippen LogP contribution in [0.5, 0.6) is 0 Å². The zero-order valence-corrected chi connectivity index (χ0v) is 11.4. The SMILES string of the molecule is CC(CCl)(CCl)NS(=O)(=O)c1cccc(F)c1. The van der Waals surface area contributed by atoms with E-state index >= 15 is 0 Å². The maximum absolute atomic E-state index is 12.9. The van der Waals surface area contributed by atoms with Crippen LogP contribution in [0.3, 0.4) is 0 Å². The molecule has 1 aromatic rings. The summed E-state index contributed by atoms with van der Waals surface area (Å²) in [5, 5.41) is 0. The Morgan fingerprint density at radius 2 is 1.94 bits per heavy atom. The first-order valence-corrected chi connectivity index (χ1v) is 7.30. The molecule has 7 heteroatoms. The number of hydrogen-bond acceptors (Lipinski definition) is 2. The van der Waals surface area contributed by atoms with Gasteiger partial charge in [0.15, 0.2) is 0 Å². The summed E-state index contributed by atoms with van der Waals surface area (Å²) < 4.78 is 39.1. The Morgan fingerprint density at radius 1 is 1.35 bits per heavy atom. The highest BCUT2D eigenvalue weighted by molar-refractivity contribution is 7.89. The Kier molecular flexibility index (Phi) is 4.77. The van der Waals surface area contributed by atoms with E-state index in [1.54, 1.807) is 6.92 Å². The van der Waals surface area contributed by atoms with Gasteiger partial charge in [0.25, 0.3) is 0 Å². The van der Waals surface area contributed by atoms with Crippen LogP contribution in [0.2, 0.25) is 0 Å². The average Bonchev–Trinajstić information content (AvgIpc) is 2.28. The van der Waals surface area contributed by atoms with E-state index in [1.807, 2.05) is 0 Å². The molecule has 1 rings (SSSR count). The molecule has 0 aliphatic carbocycles. The molecule has 0 bridgehead atoms. The highest BCUT2D eigenvalue weighted by Gasteiger charge is 2.29. The number of rotatable bonds is 5. The first-order valence-electron chi connectivity index (χ1n) is 4.74. The second-order valence-corrected chi connectivity index (χ2v) is 6.11. The zero-order valence-electron chi connectivity index (χ0n) is 9.08. The molecule has 0 spiro atoms. The highest BCUT2D eigenvalue weighted by atomic mass is 35.5. The monoisotopic (exact) mass is 299 g/mol. The lowest BCUT2D eigenvalue weighted by Gasteiger charge is -2.25. The Labute approximate surface area is 110 Å². The molecule has 0 aromatic heterocycles. The second-order valence-electron chi connectivity index (χ2n) is 3.89. The van der Waals surface area contributed by atoms with Gasteiger partial charge in [-0.05, 0) is 25.1 Å². The fraction of sp³-hybridized carbons (Fsp3) is 0.400. The van der Waals surface area contributed by atoms with Gasteiger partial charge < -0.3 is 0 Å². The Balaban J connectivity index is 3.05. The number of halogens is 3. The fourth-order valence-electron chi connectivity index (χ4n) is 1.11. The predicted molar refractivity (Wildman–Crippen MR) is 66.6 cm³/mol. The standard InChI is InChI=1S/C10H12Cl2FNO2S/c1-10(6-11,7-12)14-17(15,16)9-4-2-3-8(13)5-9/h2-5,14H,6-7H2,1H3. The fourth-order valence-corrected chi connectivity index (χ4v) is 3.12. The molecule has 0 unspecified atom stereocenters. The topological polar surface area (TPSA) is 46.2 Å². The molecule has 96 valence electrons. The third-order valence-corrected chi connectivity index (χ3v) is 4.89. The molecule has 0 aliphatic heterocycles. The molecule has 0 amide bonds. The van der Waals surface area contributed by atoms with E-state index in [2.05, 4.69) is 4.72 Å². The summed E-state index contributed by atoms with van der Waals surface area (Å²) in [5.74, 6) is -0.581. The maximum atomic E-state index is 12.9. The minimum absolute atomic E-state index is 0.0189. The van der Waals surface area contributed by atoms with Crippen LogP contribution in [-0.4, -0.2) is 25.7 Å². The molecule has 0 fully saturated rings. The van der Waals surface area contributed by atoms with Crippen molar-refractivity contribution in [3.8, 4) is 0 Å². The molecule has 0 saturated carbocycles. The molecule has 1 N–H and O–H groups in total. The molecular formula is C10H12Cl2FNO2S. The number of sulfonamides is 1. The molecule has 0 saturated heterocycles. The van der Waals surface area contributed by atoms with Gasteiger partial charge in [0.2, 0.25) is 10.0 Å². The summed E-state index contributed by atoms with van der Waals surface area (Å²) in [5.41, 5.74) is -0.964. The normalized spacial score (nSPS) is 12.7. The van der Waals surface area contributed by atoms with E-state index in [4.69, 9.17) is 23.2 Å². The number of hydrogen-bond donors (Lipinski definition) is 1. The number of nitrogens with one attached hydrogen (secondary N) is 1. The maximum Gasteiger partial charge on any atom is 0.241 e. The lowest BCUT2D eigenvalue weighted by Crippen LogP contribution is -2.49. The third-order valence-electron chi connectivity index (χ3n) is 2.08. The summed E-state index contributed by atoms with van der Waals surface area (Å²) in [6.45, 7) is 1.57. The predicted octanol–water partition coefficient (Wildman–Crippen LogP) is 2.34. The van der Waals surface area contributed by atoms with Crippen molar-refractivity contribution >= 4 is 33.2 Å². The van der Waals surface area contributed by atoms with Gasteiger partial charge in [0.05, 0.1) is 10.4 Å². The van der Waals surface area contributed by atoms with Gasteiger partial charge in [-0.1, -0.05) is 6.07 Å². The summed E-state index contributed by atoms with van der Waals surface area (Å²) in [7, 11) is -3.82. The third kappa shape index (κ3) is 3.81. The van der Waals surface area contributed by atoms with Crippen LogP contribution in [-0.2, 0) is 10.0 Å². The van der Waals surface area contributed by atoms with E-state index < -0.39 is 21.4 Å².